The average Bonchev–Trinajstić information content (AvgIpc) is 2.24. The summed E-state index contributed by atoms with van der Waals surface area (Å²) in [5, 5.41) is 17.0. The minimum Gasteiger partial charge on any atom is -0.478 e. The Morgan fingerprint density at radius 2 is 1.38 bits per heavy atom. The molecule has 1 saturated carbocycles. The average molecular weight is 224 g/mol. The van der Waals surface area contributed by atoms with Crippen molar-refractivity contribution < 1.29 is 19.8 Å². The molecular weight excluding hydrogens is 208 g/mol. The van der Waals surface area contributed by atoms with Gasteiger partial charge in [0.15, 0.2) is 0 Å². The molecule has 16 heavy (non-hydrogen) atoms. The molecule has 1 aliphatic rings. The van der Waals surface area contributed by atoms with Crippen LogP contribution in [0.2, 0.25) is 0 Å². The molecule has 0 aromatic rings. The van der Waals surface area contributed by atoms with Gasteiger partial charge in [0.25, 0.3) is 0 Å². The van der Waals surface area contributed by atoms with Crippen LogP contribution in [0.15, 0.2) is 24.3 Å². The van der Waals surface area contributed by atoms with Crippen molar-refractivity contribution in [2.75, 3.05) is 0 Å². The second kappa shape index (κ2) is 6.10. The molecule has 0 saturated heterocycles. The van der Waals surface area contributed by atoms with Gasteiger partial charge in [0.2, 0.25) is 0 Å². The van der Waals surface area contributed by atoms with E-state index in [-0.39, 0.29) is 11.8 Å². The second-order valence-electron chi connectivity index (χ2n) is 4.08. The number of allylic oxidation sites excluding steroid dienone is 2. The predicted molar refractivity (Wildman–Crippen MR) is 59.0 cm³/mol. The fourth-order valence-corrected chi connectivity index (χ4v) is 2.05. The number of carbonyl (C=O) groups is 2. The first-order chi connectivity index (χ1) is 7.58. The van der Waals surface area contributed by atoms with E-state index in [0.29, 0.717) is 0 Å². The SMILES string of the molecule is O=C(O)C=CC1CCCC(C=CC(=O)O)C1. The summed E-state index contributed by atoms with van der Waals surface area (Å²) in [5.74, 6) is -1.34. The van der Waals surface area contributed by atoms with Crippen LogP contribution in [0.5, 0.6) is 0 Å². The van der Waals surface area contributed by atoms with E-state index >= 15 is 0 Å². The Bertz CT molecular complexity index is 287. The van der Waals surface area contributed by atoms with Gasteiger partial charge in [-0.05, 0) is 31.1 Å². The molecule has 0 heterocycles. The minimum absolute atomic E-state index is 0.258. The molecule has 4 nitrogen and oxygen atoms in total. The van der Waals surface area contributed by atoms with Crippen LogP contribution in [0.3, 0.4) is 0 Å². The highest BCUT2D eigenvalue weighted by molar-refractivity contribution is 5.80. The van der Waals surface area contributed by atoms with Crippen LogP contribution in [0, 0.1) is 11.8 Å². The summed E-state index contributed by atoms with van der Waals surface area (Å²) in [6, 6.07) is 0. The van der Waals surface area contributed by atoms with E-state index < -0.39 is 11.9 Å². The fourth-order valence-electron chi connectivity index (χ4n) is 2.05. The molecule has 1 rings (SSSR count). The number of aliphatic carboxylic acids is 2. The molecule has 0 amide bonds. The van der Waals surface area contributed by atoms with Crippen LogP contribution in [-0.4, -0.2) is 22.2 Å². The Kier molecular flexibility index (Phi) is 4.76. The van der Waals surface area contributed by atoms with E-state index in [4.69, 9.17) is 10.2 Å². The van der Waals surface area contributed by atoms with Gasteiger partial charge >= 0.3 is 11.9 Å². The predicted octanol–water partition coefficient (Wildman–Crippen LogP) is 2.07. The molecule has 2 atom stereocenters. The van der Waals surface area contributed by atoms with Gasteiger partial charge in [-0.25, -0.2) is 9.59 Å². The van der Waals surface area contributed by atoms with Crippen molar-refractivity contribution in [3.8, 4) is 0 Å². The highest BCUT2D eigenvalue weighted by atomic mass is 16.4. The second-order valence-corrected chi connectivity index (χ2v) is 4.08. The third kappa shape index (κ3) is 4.77. The van der Waals surface area contributed by atoms with Gasteiger partial charge in [0, 0.05) is 12.2 Å². The van der Waals surface area contributed by atoms with E-state index in [9.17, 15) is 9.59 Å². The molecule has 1 aliphatic carbocycles. The maximum Gasteiger partial charge on any atom is 0.327 e. The van der Waals surface area contributed by atoms with Crippen LogP contribution in [0.4, 0.5) is 0 Å². The smallest absolute Gasteiger partial charge is 0.327 e. The van der Waals surface area contributed by atoms with Crippen molar-refractivity contribution in [3.05, 3.63) is 24.3 Å². The zero-order chi connectivity index (χ0) is 12.0. The van der Waals surface area contributed by atoms with Crippen LogP contribution < -0.4 is 0 Å². The van der Waals surface area contributed by atoms with E-state index in [1.165, 1.54) is 12.2 Å². The highest BCUT2D eigenvalue weighted by Crippen LogP contribution is 2.30. The Morgan fingerprint density at radius 1 is 0.938 bits per heavy atom. The van der Waals surface area contributed by atoms with Gasteiger partial charge in [-0.1, -0.05) is 18.6 Å². The monoisotopic (exact) mass is 224 g/mol. The Hall–Kier alpha value is -1.58. The number of hydrogen-bond acceptors (Lipinski definition) is 2. The zero-order valence-electron chi connectivity index (χ0n) is 9.00. The largest absolute Gasteiger partial charge is 0.478 e. The molecule has 88 valence electrons. The maximum absolute atomic E-state index is 10.4. The zero-order valence-corrected chi connectivity index (χ0v) is 9.00. The first-order valence-corrected chi connectivity index (χ1v) is 5.40. The normalized spacial score (nSPS) is 26.2. The topological polar surface area (TPSA) is 74.6 Å². The Balaban J connectivity index is 2.47. The van der Waals surface area contributed by atoms with Crippen molar-refractivity contribution in [1.29, 1.82) is 0 Å². The Labute approximate surface area is 94.3 Å². The number of hydrogen-bond donors (Lipinski definition) is 2. The summed E-state index contributed by atoms with van der Waals surface area (Å²) in [4.78, 5) is 20.7. The molecular formula is C12H16O4. The van der Waals surface area contributed by atoms with Gasteiger partial charge in [-0.2, -0.15) is 0 Å². The summed E-state index contributed by atoms with van der Waals surface area (Å²) in [6.07, 6.45) is 9.60. The first-order valence-electron chi connectivity index (χ1n) is 5.40. The lowest BCUT2D eigenvalue weighted by atomic mass is 9.81. The van der Waals surface area contributed by atoms with Gasteiger partial charge in [-0.3, -0.25) is 0 Å². The van der Waals surface area contributed by atoms with Crippen LogP contribution >= 0.6 is 0 Å². The lowest BCUT2D eigenvalue weighted by molar-refractivity contribution is -0.132. The first kappa shape index (κ1) is 12.5. The number of carboxylic acid groups (broad SMARTS) is 2. The summed E-state index contributed by atoms with van der Waals surface area (Å²) in [5.41, 5.74) is 0. The van der Waals surface area contributed by atoms with Crippen LogP contribution in [0.1, 0.15) is 25.7 Å². The molecule has 2 unspecified atom stereocenters. The van der Waals surface area contributed by atoms with Crippen molar-refractivity contribution in [3.63, 3.8) is 0 Å². The molecule has 0 bridgehead atoms. The summed E-state index contributed by atoms with van der Waals surface area (Å²) >= 11 is 0. The third-order valence-corrected chi connectivity index (χ3v) is 2.78. The molecule has 0 aliphatic heterocycles. The Morgan fingerprint density at radius 3 is 1.75 bits per heavy atom. The lowest BCUT2D eigenvalue weighted by Gasteiger charge is -2.24. The summed E-state index contributed by atoms with van der Waals surface area (Å²) in [6.45, 7) is 0. The van der Waals surface area contributed by atoms with E-state index in [2.05, 4.69) is 0 Å². The fraction of sp³-hybridized carbons (Fsp3) is 0.500. The molecule has 0 spiro atoms. The summed E-state index contributed by atoms with van der Waals surface area (Å²) in [7, 11) is 0. The quantitative estimate of drug-likeness (QED) is 0.717. The van der Waals surface area contributed by atoms with E-state index in [0.717, 1.165) is 25.7 Å². The van der Waals surface area contributed by atoms with Gasteiger partial charge in [-0.15, -0.1) is 0 Å². The standard InChI is InChI=1S/C12H16O4/c13-11(14)6-4-9-2-1-3-10(8-9)5-7-12(15)16/h4-7,9-10H,1-3,8H2,(H,13,14)(H,15,16). The number of carboxylic acids is 2. The highest BCUT2D eigenvalue weighted by Gasteiger charge is 2.18. The van der Waals surface area contributed by atoms with Crippen molar-refractivity contribution >= 4 is 11.9 Å². The molecule has 2 N–H and O–H groups in total. The van der Waals surface area contributed by atoms with Crippen LogP contribution in [0.25, 0.3) is 0 Å². The van der Waals surface area contributed by atoms with Gasteiger partial charge in [0.05, 0.1) is 0 Å². The molecule has 0 aromatic heterocycles. The van der Waals surface area contributed by atoms with Crippen LogP contribution in [-0.2, 0) is 9.59 Å². The van der Waals surface area contributed by atoms with Gasteiger partial charge < -0.3 is 10.2 Å². The van der Waals surface area contributed by atoms with Crippen molar-refractivity contribution in [1.82, 2.24) is 0 Å². The van der Waals surface area contributed by atoms with E-state index in [1.54, 1.807) is 12.2 Å². The van der Waals surface area contributed by atoms with Gasteiger partial charge in [0.1, 0.15) is 0 Å². The lowest BCUT2D eigenvalue weighted by Crippen LogP contribution is -2.12. The van der Waals surface area contributed by atoms with Crippen molar-refractivity contribution in [2.24, 2.45) is 11.8 Å². The van der Waals surface area contributed by atoms with E-state index in [1.807, 2.05) is 0 Å². The number of rotatable bonds is 4. The molecule has 1 fully saturated rings. The summed E-state index contributed by atoms with van der Waals surface area (Å²) < 4.78 is 0. The molecule has 0 aromatic carbocycles. The molecule has 0 radical (unpaired) electrons. The minimum atomic E-state index is -0.928. The van der Waals surface area contributed by atoms with Crippen molar-refractivity contribution in [2.45, 2.75) is 25.7 Å². The maximum atomic E-state index is 10.4. The third-order valence-electron chi connectivity index (χ3n) is 2.78. The molecule has 4 heteroatoms.